The maximum Gasteiger partial charge on any atom is 0.333 e. The van der Waals surface area contributed by atoms with Crippen LogP contribution in [0.1, 0.15) is 111 Å². The van der Waals surface area contributed by atoms with Gasteiger partial charge in [0.1, 0.15) is 6.54 Å². The Morgan fingerprint density at radius 3 is 1.97 bits per heavy atom. The van der Waals surface area contributed by atoms with E-state index >= 15 is 0 Å². The number of allylic oxidation sites excluding steroid dienone is 8. The first-order chi connectivity index (χ1) is 34.7. The largest absolute Gasteiger partial charge is 0.344 e. The second kappa shape index (κ2) is 18.5. The lowest BCUT2D eigenvalue weighted by Gasteiger charge is -2.26. The molecule has 0 unspecified atom stereocenters. The number of hydrogen-bond acceptors (Lipinski definition) is 9. The Labute approximate surface area is 424 Å². The van der Waals surface area contributed by atoms with E-state index in [1.54, 1.807) is 36.4 Å². The molecule has 0 saturated heterocycles. The van der Waals surface area contributed by atoms with Crippen LogP contribution in [0.5, 0.6) is 0 Å². The molecule has 0 saturated carbocycles. The second-order valence-electron chi connectivity index (χ2n) is 20.3. The number of rotatable bonds is 13. The third-order valence-electron chi connectivity index (χ3n) is 14.9. The third-order valence-corrected chi connectivity index (χ3v) is 16.6. The second-order valence-corrected chi connectivity index (χ2v) is 23.1. The summed E-state index contributed by atoms with van der Waals surface area (Å²) in [6.45, 7) is 12.1. The van der Waals surface area contributed by atoms with Crippen LogP contribution < -0.4 is 4.90 Å². The smallest absolute Gasteiger partial charge is 0.333 e. The standard InChI is InChI=1S/C58H55N3O10S2/c1-6-59-47-28-22-39-34-41(72(65,66)67)24-26-43(39)53(47)57(2,3)49(59)30-20-36-13-10-14-37(33-36)21-31-50-58(4,5)54-44-27-25-42(73(68,69)70)35-40(44)23-29-48(54)60(50)32-9-7-8-19-51(62)71-61-55(63)45-17-11-15-38-16-12-18-46(52(38)45)56(61)64/h11-12,15-18,20-31,33-35H,6-10,13-14,19,32H2,1-5H3,(H-,65,66,67,68,69,70)/p+1. The first-order valence-corrected chi connectivity index (χ1v) is 27.5. The van der Waals surface area contributed by atoms with Crippen LogP contribution in [0, 0.1) is 0 Å². The van der Waals surface area contributed by atoms with E-state index in [4.69, 9.17) is 4.84 Å². The SMILES string of the molecule is CCN1/C(=C\C=C2C=C(/C=C/C3=[N+](CCCCCC(=O)ON4C(=O)c5cccc6cccc(c56)C4=O)c4ccc5cc(S(=O)(=O)O)ccc5c4C3(C)C)CCC\2)C(C)(C)c2c1ccc1cc(S(=O)(=O)O)ccc21. The average molecular weight is 1020 g/mol. The Hall–Kier alpha value is -7.04. The molecule has 0 aromatic heterocycles. The Morgan fingerprint density at radius 1 is 0.712 bits per heavy atom. The van der Waals surface area contributed by atoms with Gasteiger partial charge in [-0.2, -0.15) is 21.4 Å². The molecule has 374 valence electrons. The molecule has 0 bridgehead atoms. The summed E-state index contributed by atoms with van der Waals surface area (Å²) in [4.78, 5) is 47.2. The highest BCUT2D eigenvalue weighted by Gasteiger charge is 2.46. The van der Waals surface area contributed by atoms with Crippen molar-refractivity contribution in [3.63, 3.8) is 0 Å². The number of nitrogens with zero attached hydrogens (tertiary/aromatic N) is 3. The number of likely N-dealkylation sites (N-methyl/N-ethyl adjacent to an activating group) is 1. The fourth-order valence-electron chi connectivity index (χ4n) is 11.5. The summed E-state index contributed by atoms with van der Waals surface area (Å²) in [7, 11) is -8.78. The fraction of sp³-hybridized carbons (Fsp3) is 0.276. The lowest BCUT2D eigenvalue weighted by Crippen LogP contribution is -2.41. The van der Waals surface area contributed by atoms with Gasteiger partial charge in [-0.1, -0.05) is 79.6 Å². The maximum atomic E-state index is 13.3. The highest BCUT2D eigenvalue weighted by Crippen LogP contribution is 2.51. The van der Waals surface area contributed by atoms with Crippen LogP contribution in [0.3, 0.4) is 0 Å². The molecule has 3 heterocycles. The zero-order valence-corrected chi connectivity index (χ0v) is 42.9. The first kappa shape index (κ1) is 49.5. The first-order valence-electron chi connectivity index (χ1n) is 24.6. The van der Waals surface area contributed by atoms with Gasteiger partial charge in [0.25, 0.3) is 32.1 Å². The van der Waals surface area contributed by atoms with Crippen molar-refractivity contribution in [1.29, 1.82) is 0 Å². The average Bonchev–Trinajstić information content (AvgIpc) is 3.72. The monoisotopic (exact) mass is 1020 g/mol. The number of fused-ring (bicyclic) bond motifs is 6. The third kappa shape index (κ3) is 8.81. The van der Waals surface area contributed by atoms with Gasteiger partial charge in [0, 0.05) is 59.3 Å². The van der Waals surface area contributed by atoms with Crippen molar-refractivity contribution in [3.05, 3.63) is 167 Å². The van der Waals surface area contributed by atoms with E-state index < -0.39 is 48.8 Å². The quantitative estimate of drug-likeness (QED) is 0.0487. The minimum absolute atomic E-state index is 0.00113. The van der Waals surface area contributed by atoms with Gasteiger partial charge in [0.15, 0.2) is 5.71 Å². The van der Waals surface area contributed by atoms with E-state index in [0.717, 1.165) is 81.3 Å². The maximum absolute atomic E-state index is 13.3. The fourth-order valence-corrected chi connectivity index (χ4v) is 12.5. The summed E-state index contributed by atoms with van der Waals surface area (Å²) in [6.07, 6.45) is 15.6. The van der Waals surface area contributed by atoms with Gasteiger partial charge in [-0.05, 0) is 151 Å². The van der Waals surface area contributed by atoms with Crippen molar-refractivity contribution in [2.75, 3.05) is 18.0 Å². The predicted octanol–water partition coefficient (Wildman–Crippen LogP) is 11.6. The molecule has 3 aliphatic heterocycles. The minimum Gasteiger partial charge on any atom is -0.344 e. The number of unbranched alkanes of at least 4 members (excludes halogenated alkanes) is 2. The van der Waals surface area contributed by atoms with Crippen molar-refractivity contribution in [1.82, 2.24) is 5.06 Å². The van der Waals surface area contributed by atoms with Gasteiger partial charge in [-0.15, -0.1) is 0 Å². The highest BCUT2D eigenvalue weighted by atomic mass is 32.2. The topological polar surface area (TPSA) is 179 Å². The van der Waals surface area contributed by atoms with Crippen LogP contribution in [0.4, 0.5) is 11.4 Å². The van der Waals surface area contributed by atoms with E-state index in [2.05, 4.69) is 74.5 Å². The molecule has 10 rings (SSSR count). The molecular formula is C58H56N3O10S2+. The lowest BCUT2D eigenvalue weighted by molar-refractivity contribution is -0.438. The summed E-state index contributed by atoms with van der Waals surface area (Å²) < 4.78 is 70.1. The minimum atomic E-state index is -4.42. The van der Waals surface area contributed by atoms with Crippen molar-refractivity contribution >= 4 is 87.4 Å². The molecule has 15 heteroatoms. The van der Waals surface area contributed by atoms with Crippen LogP contribution in [-0.4, -0.2) is 72.2 Å². The van der Waals surface area contributed by atoms with E-state index in [1.807, 2.05) is 36.4 Å². The number of carbonyl (C=O) groups excluding carboxylic acids is 3. The highest BCUT2D eigenvalue weighted by molar-refractivity contribution is 7.86. The molecule has 4 aliphatic rings. The molecule has 13 nitrogen and oxygen atoms in total. The summed E-state index contributed by atoms with van der Waals surface area (Å²) in [6, 6.07) is 27.6. The van der Waals surface area contributed by atoms with E-state index in [0.29, 0.717) is 52.8 Å². The molecule has 6 aromatic rings. The molecule has 2 N–H and O–H groups in total. The van der Waals surface area contributed by atoms with E-state index in [1.165, 1.54) is 35.4 Å². The van der Waals surface area contributed by atoms with Crippen molar-refractivity contribution in [2.24, 2.45) is 0 Å². The molecular weight excluding hydrogens is 963 g/mol. The summed E-state index contributed by atoms with van der Waals surface area (Å²) in [5, 5.41) is 5.11. The number of imide groups is 1. The van der Waals surface area contributed by atoms with Crippen LogP contribution in [0.25, 0.3) is 32.3 Å². The lowest BCUT2D eigenvalue weighted by atomic mass is 9.78. The van der Waals surface area contributed by atoms with Crippen LogP contribution in [0.2, 0.25) is 0 Å². The number of anilines is 1. The van der Waals surface area contributed by atoms with Gasteiger partial charge in [0.05, 0.1) is 26.3 Å². The van der Waals surface area contributed by atoms with E-state index in [9.17, 15) is 40.3 Å². The summed E-state index contributed by atoms with van der Waals surface area (Å²) in [5.41, 5.74) is 8.36. The van der Waals surface area contributed by atoms with Gasteiger partial charge < -0.3 is 9.74 Å². The number of hydrogen-bond donors (Lipinski definition) is 2. The molecule has 0 spiro atoms. The molecule has 73 heavy (non-hydrogen) atoms. The number of hydroxylamine groups is 2. The van der Waals surface area contributed by atoms with Crippen molar-refractivity contribution in [3.8, 4) is 0 Å². The van der Waals surface area contributed by atoms with Gasteiger partial charge in [-0.25, -0.2) is 4.79 Å². The Kier molecular flexibility index (Phi) is 12.5. The number of amides is 2. The zero-order chi connectivity index (χ0) is 51.8. The molecule has 0 radical (unpaired) electrons. The molecule has 0 atom stereocenters. The summed E-state index contributed by atoms with van der Waals surface area (Å²) >= 11 is 0. The Bertz CT molecular complexity index is 3740. The van der Waals surface area contributed by atoms with E-state index in [-0.39, 0.29) is 16.2 Å². The molecule has 6 aromatic carbocycles. The summed E-state index contributed by atoms with van der Waals surface area (Å²) in [5.74, 6) is -2.03. The van der Waals surface area contributed by atoms with Crippen LogP contribution in [0.15, 0.2) is 154 Å². The zero-order valence-electron chi connectivity index (χ0n) is 41.3. The number of carbonyl (C=O) groups is 3. The Balaban J connectivity index is 0.897. The van der Waals surface area contributed by atoms with Gasteiger partial charge >= 0.3 is 5.97 Å². The van der Waals surface area contributed by atoms with Crippen molar-refractivity contribution in [2.45, 2.75) is 100 Å². The van der Waals surface area contributed by atoms with Gasteiger partial charge in [0.2, 0.25) is 5.69 Å². The van der Waals surface area contributed by atoms with Crippen LogP contribution >= 0.6 is 0 Å². The normalized spacial score (nSPS) is 18.5. The number of benzene rings is 6. The predicted molar refractivity (Wildman–Crippen MR) is 283 cm³/mol. The van der Waals surface area contributed by atoms with Crippen molar-refractivity contribution < 1.29 is 49.7 Å². The van der Waals surface area contributed by atoms with Crippen LogP contribution in [-0.2, 0) is 40.7 Å². The molecule has 1 aliphatic carbocycles. The van der Waals surface area contributed by atoms with Gasteiger partial charge in [-0.3, -0.25) is 18.7 Å². The Morgan fingerprint density at radius 2 is 1.34 bits per heavy atom. The molecule has 0 fully saturated rings. The molecule has 2 amide bonds.